The highest BCUT2D eigenvalue weighted by Crippen LogP contribution is 2.37. The number of hydrogen-bond donors (Lipinski definition) is 2. The lowest BCUT2D eigenvalue weighted by molar-refractivity contribution is 0.0629. The fourth-order valence-electron chi connectivity index (χ4n) is 2.16. The Bertz CT molecular complexity index is 590. The molecule has 1 unspecified atom stereocenters. The Kier molecular flexibility index (Phi) is 3.64. The van der Waals surface area contributed by atoms with Crippen LogP contribution in [0.15, 0.2) is 23.0 Å². The highest BCUT2D eigenvalue weighted by molar-refractivity contribution is 5.92. The molecule has 20 heavy (non-hydrogen) atoms. The van der Waals surface area contributed by atoms with Crippen molar-refractivity contribution < 1.29 is 9.53 Å². The summed E-state index contributed by atoms with van der Waals surface area (Å²) in [5, 5.41) is 2.77. The molecule has 1 aliphatic heterocycles. The van der Waals surface area contributed by atoms with Crippen LogP contribution in [0.4, 0.5) is 0 Å². The zero-order chi connectivity index (χ0) is 13.9. The normalized spacial score (nSPS) is 21.7. The van der Waals surface area contributed by atoms with Crippen molar-refractivity contribution in [1.82, 2.24) is 15.3 Å². The Morgan fingerprint density at radius 2 is 2.30 bits per heavy atom. The molecule has 0 radical (unpaired) electrons. The first kappa shape index (κ1) is 13.1. The fraction of sp³-hybridized carbons (Fsp3) is 0.500. The molecule has 1 amide bonds. The van der Waals surface area contributed by atoms with Gasteiger partial charge >= 0.3 is 0 Å². The lowest BCUT2D eigenvalue weighted by Gasteiger charge is -2.18. The molecule has 1 aromatic heterocycles. The third-order valence-electron chi connectivity index (χ3n) is 3.44. The monoisotopic (exact) mass is 275 g/mol. The van der Waals surface area contributed by atoms with Gasteiger partial charge in [-0.05, 0) is 19.3 Å². The minimum atomic E-state index is -0.323. The second-order valence-electron chi connectivity index (χ2n) is 5.16. The molecule has 0 saturated heterocycles. The molecule has 1 aliphatic carbocycles. The molecular weight excluding hydrogens is 258 g/mol. The second kappa shape index (κ2) is 5.58. The number of amides is 1. The quantitative estimate of drug-likeness (QED) is 0.793. The smallest absolute Gasteiger partial charge is 0.270 e. The van der Waals surface area contributed by atoms with Gasteiger partial charge in [-0.25, -0.2) is 4.98 Å². The highest BCUT2D eigenvalue weighted by atomic mass is 16.5. The molecule has 2 aliphatic rings. The summed E-state index contributed by atoms with van der Waals surface area (Å²) in [6.45, 7) is 1.01. The maximum absolute atomic E-state index is 12.0. The van der Waals surface area contributed by atoms with Crippen LogP contribution in [0.5, 0.6) is 0 Å². The van der Waals surface area contributed by atoms with Gasteiger partial charge in [0.05, 0.1) is 12.7 Å². The lowest BCUT2D eigenvalue weighted by atomic mass is 10.2. The van der Waals surface area contributed by atoms with Crippen LogP contribution in [0.2, 0.25) is 0 Å². The topological polar surface area (TPSA) is 84.1 Å². The highest BCUT2D eigenvalue weighted by Gasteiger charge is 2.27. The number of nitrogens with zero attached hydrogens (tertiary/aromatic N) is 1. The first-order chi connectivity index (χ1) is 9.72. The van der Waals surface area contributed by atoms with E-state index in [9.17, 15) is 9.59 Å². The van der Waals surface area contributed by atoms with Crippen molar-refractivity contribution in [2.45, 2.75) is 31.3 Å². The Morgan fingerprint density at radius 1 is 1.45 bits per heavy atom. The molecule has 2 N–H and O–H groups in total. The van der Waals surface area contributed by atoms with Crippen LogP contribution in [0.1, 0.15) is 41.5 Å². The molecule has 2 heterocycles. The number of carbonyl (C=O) groups excluding carboxylic acids is 1. The number of aromatic nitrogens is 2. The summed E-state index contributed by atoms with van der Waals surface area (Å²) in [6, 6.07) is 1.24. The molecule has 3 rings (SSSR count). The summed E-state index contributed by atoms with van der Waals surface area (Å²) >= 11 is 0. The summed E-state index contributed by atoms with van der Waals surface area (Å²) in [5.41, 5.74) is -0.0918. The summed E-state index contributed by atoms with van der Waals surface area (Å²) in [7, 11) is 0. The minimum absolute atomic E-state index is 0.00570. The predicted octanol–water partition coefficient (Wildman–Crippen LogP) is 0.722. The van der Waals surface area contributed by atoms with E-state index in [-0.39, 0.29) is 23.3 Å². The van der Waals surface area contributed by atoms with E-state index in [1.165, 1.54) is 6.07 Å². The second-order valence-corrected chi connectivity index (χ2v) is 5.16. The first-order valence-corrected chi connectivity index (χ1v) is 6.88. The van der Waals surface area contributed by atoms with Crippen molar-refractivity contribution in [3.8, 4) is 0 Å². The first-order valence-electron chi connectivity index (χ1n) is 6.88. The van der Waals surface area contributed by atoms with E-state index < -0.39 is 0 Å². The molecule has 1 atom stereocenters. The van der Waals surface area contributed by atoms with Crippen LogP contribution in [0.25, 0.3) is 0 Å². The Balaban J connectivity index is 1.64. The van der Waals surface area contributed by atoms with E-state index in [0.29, 0.717) is 24.9 Å². The maximum atomic E-state index is 12.0. The van der Waals surface area contributed by atoms with Crippen molar-refractivity contribution >= 4 is 5.91 Å². The molecule has 1 fully saturated rings. The summed E-state index contributed by atoms with van der Waals surface area (Å²) in [4.78, 5) is 30.5. The van der Waals surface area contributed by atoms with Gasteiger partial charge in [-0.15, -0.1) is 0 Å². The number of H-pyrrole nitrogens is 1. The van der Waals surface area contributed by atoms with Crippen molar-refractivity contribution in [2.75, 3.05) is 13.2 Å². The summed E-state index contributed by atoms with van der Waals surface area (Å²) < 4.78 is 5.47. The molecule has 6 nitrogen and oxygen atoms in total. The number of ether oxygens (including phenoxy) is 1. The van der Waals surface area contributed by atoms with Crippen molar-refractivity contribution in [2.24, 2.45) is 0 Å². The Labute approximate surface area is 116 Å². The molecular formula is C14H17N3O3. The summed E-state index contributed by atoms with van der Waals surface area (Å²) in [6.07, 6.45) is 6.83. The van der Waals surface area contributed by atoms with Gasteiger partial charge in [0.15, 0.2) is 0 Å². The van der Waals surface area contributed by atoms with Crippen molar-refractivity contribution in [3.63, 3.8) is 0 Å². The average molecular weight is 275 g/mol. The molecule has 0 spiro atoms. The molecule has 0 aromatic carbocycles. The molecule has 1 saturated carbocycles. The van der Waals surface area contributed by atoms with Gasteiger partial charge in [-0.1, -0.05) is 12.2 Å². The largest absolute Gasteiger partial charge is 0.372 e. The van der Waals surface area contributed by atoms with Gasteiger partial charge in [0, 0.05) is 18.5 Å². The third-order valence-corrected chi connectivity index (χ3v) is 3.44. The number of rotatable bonds is 4. The molecule has 1 aromatic rings. The van der Waals surface area contributed by atoms with Gasteiger partial charge in [0.2, 0.25) is 0 Å². The van der Waals surface area contributed by atoms with Gasteiger partial charge < -0.3 is 15.0 Å². The van der Waals surface area contributed by atoms with Gasteiger partial charge in [-0.3, -0.25) is 9.59 Å². The van der Waals surface area contributed by atoms with Crippen molar-refractivity contribution in [3.05, 3.63) is 40.1 Å². The van der Waals surface area contributed by atoms with E-state index in [4.69, 9.17) is 4.74 Å². The number of hydrogen-bond acceptors (Lipinski definition) is 4. The molecule has 6 heteroatoms. The van der Waals surface area contributed by atoms with Crippen LogP contribution in [0, 0.1) is 0 Å². The van der Waals surface area contributed by atoms with Gasteiger partial charge in [-0.2, -0.15) is 0 Å². The van der Waals surface area contributed by atoms with Crippen LogP contribution in [0.3, 0.4) is 0 Å². The number of nitrogens with one attached hydrogen (secondary N) is 2. The number of carbonyl (C=O) groups is 1. The van der Waals surface area contributed by atoms with Crippen molar-refractivity contribution in [1.29, 1.82) is 0 Å². The van der Waals surface area contributed by atoms with E-state index in [1.807, 2.05) is 12.2 Å². The third kappa shape index (κ3) is 3.14. The van der Waals surface area contributed by atoms with Crippen LogP contribution in [-0.4, -0.2) is 35.1 Å². The van der Waals surface area contributed by atoms with E-state index in [0.717, 1.165) is 19.3 Å². The summed E-state index contributed by atoms with van der Waals surface area (Å²) in [5.74, 6) is 0.609. The van der Waals surface area contributed by atoms with Gasteiger partial charge in [0.25, 0.3) is 11.5 Å². The van der Waals surface area contributed by atoms with Crippen LogP contribution >= 0.6 is 0 Å². The van der Waals surface area contributed by atoms with Gasteiger partial charge in [0.1, 0.15) is 11.5 Å². The number of aromatic amines is 1. The predicted molar refractivity (Wildman–Crippen MR) is 72.7 cm³/mol. The Morgan fingerprint density at radius 3 is 3.00 bits per heavy atom. The zero-order valence-electron chi connectivity index (χ0n) is 11.1. The van der Waals surface area contributed by atoms with Crippen LogP contribution < -0.4 is 10.9 Å². The van der Waals surface area contributed by atoms with E-state index >= 15 is 0 Å². The zero-order valence-corrected chi connectivity index (χ0v) is 11.1. The fourth-order valence-corrected chi connectivity index (χ4v) is 2.16. The lowest BCUT2D eigenvalue weighted by Crippen LogP contribution is -2.35. The SMILES string of the molecule is O=C(NCC1CC=CCO1)c1cc(=O)[nH]c(C2CC2)n1. The average Bonchev–Trinajstić information content (AvgIpc) is 3.30. The van der Waals surface area contributed by atoms with E-state index in [2.05, 4.69) is 15.3 Å². The molecule has 0 bridgehead atoms. The van der Waals surface area contributed by atoms with E-state index in [1.54, 1.807) is 0 Å². The standard InChI is InChI=1S/C14H17N3O3/c18-12-7-11(16-13(17-12)9-4-5-9)14(19)15-8-10-3-1-2-6-20-10/h1-2,7,9-10H,3-6,8H2,(H,15,19)(H,16,17,18). The maximum Gasteiger partial charge on any atom is 0.270 e. The molecule has 106 valence electrons. The van der Waals surface area contributed by atoms with Crippen LogP contribution in [-0.2, 0) is 4.74 Å². The Hall–Kier alpha value is -1.95. The minimum Gasteiger partial charge on any atom is -0.372 e.